The monoisotopic (exact) mass is 366 g/mol. The fraction of sp³-hybridized carbons (Fsp3) is 0.167. The average Bonchev–Trinajstić information content (AvgIpc) is 2.99. The summed E-state index contributed by atoms with van der Waals surface area (Å²) in [5, 5.41) is 0. The second-order valence-electron chi connectivity index (χ2n) is 5.11. The number of ether oxygens (including phenoxy) is 1. The molecule has 1 heterocycles. The smallest absolute Gasteiger partial charge is 0.313 e. The number of aryl methyl sites for hydroxylation is 1. The highest BCUT2D eigenvalue weighted by atomic mass is 32.2. The molecule has 0 spiro atoms. The predicted octanol–water partition coefficient (Wildman–Crippen LogP) is 2.31. The van der Waals surface area contributed by atoms with Gasteiger partial charge in [0.1, 0.15) is 5.70 Å². The molecule has 1 aliphatic rings. The number of carbonyl (C=O) groups is 1. The number of hydrogen-bond donors (Lipinski definition) is 1. The van der Waals surface area contributed by atoms with Gasteiger partial charge in [-0.2, -0.15) is 8.42 Å². The van der Waals surface area contributed by atoms with Crippen LogP contribution in [0.5, 0.6) is 0 Å². The molecule has 25 heavy (non-hydrogen) atoms. The fourth-order valence-electron chi connectivity index (χ4n) is 2.07. The molecular formula is C18H17NO5S. The third-order valence-electron chi connectivity index (χ3n) is 3.23. The topological polar surface area (TPSA) is 95.7 Å². The normalized spacial score (nSPS) is 22.0. The minimum Gasteiger partial charge on any atom is -0.460 e. The Bertz CT molecular complexity index is 1230. The second-order valence-corrected chi connectivity index (χ2v) is 6.38. The highest BCUT2D eigenvalue weighted by Gasteiger charge is 2.39. The predicted molar refractivity (Wildman–Crippen MR) is 91.4 cm³/mol. The zero-order valence-electron chi connectivity index (χ0n) is 19.9. The molecule has 0 aromatic heterocycles. The lowest BCUT2D eigenvalue weighted by Crippen LogP contribution is -2.16. The van der Waals surface area contributed by atoms with E-state index < -0.39 is 75.1 Å². The zero-order valence-corrected chi connectivity index (χ0v) is 13.7. The first-order valence-corrected chi connectivity index (χ1v) is 8.40. The van der Waals surface area contributed by atoms with Gasteiger partial charge in [0.25, 0.3) is 0 Å². The van der Waals surface area contributed by atoms with E-state index in [0.29, 0.717) is 5.56 Å². The van der Waals surface area contributed by atoms with Crippen LogP contribution in [0.15, 0.2) is 66.1 Å². The van der Waals surface area contributed by atoms with E-state index in [0.717, 1.165) is 5.56 Å². The molecule has 1 aliphatic heterocycles. The van der Waals surface area contributed by atoms with Crippen molar-refractivity contribution in [1.29, 1.82) is 0 Å². The number of hydrogen-bond acceptors (Lipinski definition) is 6. The fourth-order valence-corrected chi connectivity index (χ4v) is 2.85. The molecule has 0 aliphatic carbocycles. The van der Waals surface area contributed by atoms with Gasteiger partial charge in [-0.25, -0.2) is 0 Å². The van der Waals surface area contributed by atoms with Gasteiger partial charge in [-0.1, -0.05) is 60.0 Å². The Morgan fingerprint density at radius 3 is 2.52 bits per heavy atom. The number of Topliss-reactive ketones (excluding diaryl/α,β-unsaturated/α-hetero) is 1. The Morgan fingerprint density at radius 2 is 1.88 bits per heavy atom. The second kappa shape index (κ2) is 6.60. The first-order chi connectivity index (χ1) is 14.7. The molecular weight excluding hydrogens is 342 g/mol. The number of ketones is 1. The van der Waals surface area contributed by atoms with Crippen molar-refractivity contribution in [3.8, 4) is 0 Å². The van der Waals surface area contributed by atoms with Gasteiger partial charge in [-0.05, 0) is 12.5 Å². The summed E-state index contributed by atoms with van der Waals surface area (Å²) in [7, 11) is -5.44. The molecule has 0 amide bonds. The van der Waals surface area contributed by atoms with Crippen LogP contribution in [0.4, 0.5) is 0 Å². The van der Waals surface area contributed by atoms with Crippen LogP contribution in [0.1, 0.15) is 32.4 Å². The lowest BCUT2D eigenvalue weighted by molar-refractivity contribution is -0.123. The van der Waals surface area contributed by atoms with Gasteiger partial charge in [0.15, 0.2) is 6.10 Å². The van der Waals surface area contributed by atoms with Gasteiger partial charge in [-0.15, -0.1) is 0 Å². The van der Waals surface area contributed by atoms with Gasteiger partial charge in [0.2, 0.25) is 17.4 Å². The van der Waals surface area contributed by atoms with Crippen LogP contribution in [0, 0.1) is 6.92 Å². The van der Waals surface area contributed by atoms with Crippen LogP contribution in [0.3, 0.4) is 0 Å². The molecule has 130 valence electrons. The van der Waals surface area contributed by atoms with Crippen molar-refractivity contribution < 1.29 is 31.7 Å². The number of benzene rings is 2. The number of nitrogens with two attached hydrogens (primary N) is 1. The summed E-state index contributed by atoms with van der Waals surface area (Å²) in [6, 6.07) is 1.68. The van der Waals surface area contributed by atoms with E-state index in [1.165, 1.54) is 0 Å². The number of rotatable bonds is 5. The quantitative estimate of drug-likeness (QED) is 0.816. The summed E-state index contributed by atoms with van der Waals surface area (Å²) in [5.74, 6) is -2.64. The third kappa shape index (κ3) is 3.83. The summed E-state index contributed by atoms with van der Waals surface area (Å²) in [6.45, 7) is 1.82. The Labute approximate surface area is 155 Å². The van der Waals surface area contributed by atoms with Crippen molar-refractivity contribution >= 4 is 15.9 Å². The van der Waals surface area contributed by atoms with Crippen LogP contribution in [0.25, 0.3) is 0 Å². The van der Waals surface area contributed by atoms with E-state index in [2.05, 4.69) is 4.18 Å². The SMILES string of the molecule is [2H]c1c([2H])c([2H])c(C([2H])([2H])S(=O)(=O)OC2=C(N)OC(c3ccc(C)cc3)C2=O)c([2H])c1[2H]. The maximum absolute atomic E-state index is 12.8. The summed E-state index contributed by atoms with van der Waals surface area (Å²) in [5.41, 5.74) is 2.07. The van der Waals surface area contributed by atoms with Crippen molar-refractivity contribution in [2.75, 3.05) is 0 Å². The molecule has 3 rings (SSSR count). The molecule has 1 atom stereocenters. The van der Waals surface area contributed by atoms with Crippen molar-refractivity contribution in [2.45, 2.75) is 18.7 Å². The number of carbonyl (C=O) groups excluding carboxylic acids is 1. The molecule has 6 nitrogen and oxygen atoms in total. The van der Waals surface area contributed by atoms with Crippen LogP contribution < -0.4 is 5.73 Å². The molecule has 0 saturated heterocycles. The lowest BCUT2D eigenvalue weighted by Gasteiger charge is -2.10. The summed E-state index contributed by atoms with van der Waals surface area (Å²) in [6.07, 6.45) is -1.31. The van der Waals surface area contributed by atoms with Crippen molar-refractivity contribution in [3.63, 3.8) is 0 Å². The average molecular weight is 366 g/mol. The molecule has 2 aromatic rings. The van der Waals surface area contributed by atoms with Crippen molar-refractivity contribution in [2.24, 2.45) is 5.73 Å². The molecule has 2 N–H and O–H groups in total. The van der Waals surface area contributed by atoms with E-state index in [9.17, 15) is 13.2 Å². The first-order valence-electron chi connectivity index (χ1n) is 10.5. The highest BCUT2D eigenvalue weighted by molar-refractivity contribution is 7.86. The minimum absolute atomic E-state index is 0.355. The van der Waals surface area contributed by atoms with Crippen LogP contribution in [-0.2, 0) is 29.5 Å². The van der Waals surface area contributed by atoms with E-state index in [1.807, 2.05) is 6.92 Å². The summed E-state index contributed by atoms with van der Waals surface area (Å²) in [4.78, 5) is 12.7. The van der Waals surface area contributed by atoms with E-state index in [-0.39, 0.29) is 0 Å². The Morgan fingerprint density at radius 1 is 1.24 bits per heavy atom. The largest absolute Gasteiger partial charge is 0.460 e. The van der Waals surface area contributed by atoms with Crippen LogP contribution >= 0.6 is 0 Å². The molecule has 7 heteroatoms. The maximum atomic E-state index is 12.8. The summed E-state index contributed by atoms with van der Waals surface area (Å²) < 4.78 is 90.0. The van der Waals surface area contributed by atoms with Crippen LogP contribution in [-0.4, -0.2) is 14.2 Å². The Hall–Kier alpha value is -2.80. The van der Waals surface area contributed by atoms with E-state index in [4.69, 9.17) is 20.1 Å². The molecule has 0 fully saturated rings. The highest BCUT2D eigenvalue weighted by Crippen LogP contribution is 2.32. The van der Waals surface area contributed by atoms with Gasteiger partial charge in [0, 0.05) is 5.56 Å². The van der Waals surface area contributed by atoms with E-state index >= 15 is 0 Å². The molecule has 0 saturated carbocycles. The van der Waals surface area contributed by atoms with Gasteiger partial charge < -0.3 is 14.7 Å². The van der Waals surface area contributed by atoms with Gasteiger partial charge in [0.05, 0.1) is 9.60 Å². The van der Waals surface area contributed by atoms with E-state index in [1.54, 1.807) is 24.3 Å². The van der Waals surface area contributed by atoms with Crippen molar-refractivity contribution in [3.05, 3.63) is 82.8 Å². The molecule has 2 aromatic carbocycles. The Kier molecular flexibility index (Phi) is 2.71. The zero-order chi connectivity index (χ0) is 24.2. The van der Waals surface area contributed by atoms with Crippen molar-refractivity contribution in [1.82, 2.24) is 0 Å². The van der Waals surface area contributed by atoms with Gasteiger partial charge >= 0.3 is 10.1 Å². The maximum Gasteiger partial charge on any atom is 0.313 e. The third-order valence-corrected chi connectivity index (χ3v) is 4.07. The molecule has 0 bridgehead atoms. The molecule has 1 unspecified atom stereocenters. The standard InChI is InChI=1S/C18H17NO5S/c1-12-7-9-14(10-8-12)16-15(20)17(18(19)23-16)24-25(21,22)11-13-5-3-2-4-6-13/h2-10,16H,11,19H2,1H3/i2D,3D,4D,5D,6D,11D2. The summed E-state index contributed by atoms with van der Waals surface area (Å²) >= 11 is 0. The first kappa shape index (κ1) is 10.2. The lowest BCUT2D eigenvalue weighted by atomic mass is 10.0. The minimum atomic E-state index is -5.44. The molecule has 0 radical (unpaired) electrons. The van der Waals surface area contributed by atoms with Crippen LogP contribution in [0.2, 0.25) is 0 Å². The van der Waals surface area contributed by atoms with Gasteiger partial charge in [-0.3, -0.25) is 4.79 Å². The Balaban J connectivity index is 2.00.